The largest absolute Gasteiger partial charge is 0.310 e. The summed E-state index contributed by atoms with van der Waals surface area (Å²) in [7, 11) is 0. The number of hydrogen-bond acceptors (Lipinski definition) is 2. The lowest BCUT2D eigenvalue weighted by molar-refractivity contribution is 0.647. The van der Waals surface area contributed by atoms with E-state index >= 15 is 0 Å². The van der Waals surface area contributed by atoms with Crippen molar-refractivity contribution in [2.75, 3.05) is 6.54 Å². The molecule has 1 atom stereocenters. The zero-order valence-electron chi connectivity index (χ0n) is 6.46. The van der Waals surface area contributed by atoms with Gasteiger partial charge >= 0.3 is 0 Å². The fourth-order valence-electron chi connectivity index (χ4n) is 1.56. The molecule has 0 aliphatic carbocycles. The van der Waals surface area contributed by atoms with Gasteiger partial charge in [-0.15, -0.1) is 0 Å². The lowest BCUT2D eigenvalue weighted by atomic mass is 10.1. The van der Waals surface area contributed by atoms with Crippen LogP contribution in [0.3, 0.4) is 0 Å². The maximum absolute atomic E-state index is 3.99. The minimum atomic E-state index is 0.581. The second-order valence-corrected chi connectivity index (χ2v) is 2.93. The molecule has 1 aromatic heterocycles. The molecule has 0 radical (unpaired) electrons. The summed E-state index contributed by atoms with van der Waals surface area (Å²) < 4.78 is 0. The van der Waals surface area contributed by atoms with Gasteiger partial charge in [0.05, 0.1) is 0 Å². The SMILES string of the molecule is c1cc([C@H]2CCCN2)ccn1. The number of nitrogens with zero attached hydrogens (tertiary/aromatic N) is 1. The van der Waals surface area contributed by atoms with Crippen molar-refractivity contribution in [3.63, 3.8) is 0 Å². The Morgan fingerprint density at radius 1 is 1.36 bits per heavy atom. The molecule has 1 saturated heterocycles. The summed E-state index contributed by atoms with van der Waals surface area (Å²) in [5.74, 6) is 0. The van der Waals surface area contributed by atoms with E-state index in [1.54, 1.807) is 0 Å². The maximum Gasteiger partial charge on any atom is 0.0321 e. The average molecular weight is 148 g/mol. The highest BCUT2D eigenvalue weighted by Crippen LogP contribution is 2.21. The zero-order valence-corrected chi connectivity index (χ0v) is 6.46. The molecule has 0 spiro atoms. The van der Waals surface area contributed by atoms with Crippen molar-refractivity contribution >= 4 is 0 Å². The van der Waals surface area contributed by atoms with Crippen molar-refractivity contribution in [3.8, 4) is 0 Å². The summed E-state index contributed by atoms with van der Waals surface area (Å²) in [5, 5.41) is 3.45. The summed E-state index contributed by atoms with van der Waals surface area (Å²) in [4.78, 5) is 3.99. The molecule has 2 nitrogen and oxygen atoms in total. The summed E-state index contributed by atoms with van der Waals surface area (Å²) in [6.07, 6.45) is 6.28. The Kier molecular flexibility index (Phi) is 1.86. The highest BCUT2D eigenvalue weighted by atomic mass is 14.9. The van der Waals surface area contributed by atoms with Crippen LogP contribution in [-0.4, -0.2) is 11.5 Å². The average Bonchev–Trinajstić information content (AvgIpc) is 2.58. The van der Waals surface area contributed by atoms with Gasteiger partial charge in [-0.1, -0.05) is 0 Å². The fourth-order valence-corrected chi connectivity index (χ4v) is 1.56. The fraction of sp³-hybridized carbons (Fsp3) is 0.444. The van der Waals surface area contributed by atoms with E-state index in [1.807, 2.05) is 12.4 Å². The predicted molar refractivity (Wildman–Crippen MR) is 44.2 cm³/mol. The van der Waals surface area contributed by atoms with Crippen LogP contribution in [0, 0.1) is 0 Å². The van der Waals surface area contributed by atoms with Crippen molar-refractivity contribution in [2.24, 2.45) is 0 Å². The molecule has 2 heteroatoms. The molecule has 1 aliphatic rings. The molecule has 0 unspecified atom stereocenters. The highest BCUT2D eigenvalue weighted by molar-refractivity contribution is 5.15. The van der Waals surface area contributed by atoms with E-state index < -0.39 is 0 Å². The molecule has 1 fully saturated rings. The first kappa shape index (κ1) is 6.80. The molecule has 1 aromatic rings. The van der Waals surface area contributed by atoms with E-state index in [4.69, 9.17) is 0 Å². The third kappa shape index (κ3) is 1.40. The Bertz CT molecular complexity index is 214. The van der Waals surface area contributed by atoms with Crippen molar-refractivity contribution in [2.45, 2.75) is 18.9 Å². The second-order valence-electron chi connectivity index (χ2n) is 2.93. The topological polar surface area (TPSA) is 24.9 Å². The van der Waals surface area contributed by atoms with Gasteiger partial charge in [0.1, 0.15) is 0 Å². The lowest BCUT2D eigenvalue weighted by Gasteiger charge is -2.08. The standard InChI is InChI=1S/C9H12N2/c1-2-9(11-5-1)8-3-6-10-7-4-8/h3-4,6-7,9,11H,1-2,5H2/t9-/m1/s1. The minimum Gasteiger partial charge on any atom is -0.310 e. The van der Waals surface area contributed by atoms with Crippen LogP contribution in [0.25, 0.3) is 0 Å². The first-order chi connectivity index (χ1) is 5.47. The van der Waals surface area contributed by atoms with Gasteiger partial charge in [-0.2, -0.15) is 0 Å². The molecule has 11 heavy (non-hydrogen) atoms. The number of aromatic nitrogens is 1. The van der Waals surface area contributed by atoms with Crippen LogP contribution in [0.5, 0.6) is 0 Å². The maximum atomic E-state index is 3.99. The van der Waals surface area contributed by atoms with Crippen molar-refractivity contribution in [1.82, 2.24) is 10.3 Å². The number of rotatable bonds is 1. The third-order valence-corrected chi connectivity index (χ3v) is 2.17. The van der Waals surface area contributed by atoms with Gasteiger partial charge in [-0.25, -0.2) is 0 Å². The summed E-state index contributed by atoms with van der Waals surface area (Å²) in [6.45, 7) is 1.16. The summed E-state index contributed by atoms with van der Waals surface area (Å²) in [5.41, 5.74) is 1.37. The first-order valence-corrected chi connectivity index (χ1v) is 4.10. The molecule has 1 aliphatic heterocycles. The zero-order chi connectivity index (χ0) is 7.52. The van der Waals surface area contributed by atoms with E-state index in [0.717, 1.165) is 6.54 Å². The second kappa shape index (κ2) is 3.01. The van der Waals surface area contributed by atoms with Crippen LogP contribution < -0.4 is 5.32 Å². The van der Waals surface area contributed by atoms with Gasteiger partial charge in [0.15, 0.2) is 0 Å². The van der Waals surface area contributed by atoms with Crippen LogP contribution in [0.15, 0.2) is 24.5 Å². The molecule has 1 N–H and O–H groups in total. The van der Waals surface area contributed by atoms with Gasteiger partial charge in [0, 0.05) is 18.4 Å². The number of nitrogens with one attached hydrogen (secondary N) is 1. The van der Waals surface area contributed by atoms with Crippen LogP contribution in [0.2, 0.25) is 0 Å². The normalized spacial score (nSPS) is 23.8. The third-order valence-electron chi connectivity index (χ3n) is 2.17. The van der Waals surface area contributed by atoms with E-state index in [9.17, 15) is 0 Å². The predicted octanol–water partition coefficient (Wildman–Crippen LogP) is 1.51. The van der Waals surface area contributed by atoms with E-state index in [2.05, 4.69) is 22.4 Å². The van der Waals surface area contributed by atoms with E-state index in [-0.39, 0.29) is 0 Å². The molecule has 0 amide bonds. The molecular weight excluding hydrogens is 136 g/mol. The Morgan fingerprint density at radius 3 is 2.82 bits per heavy atom. The minimum absolute atomic E-state index is 0.581. The number of pyridine rings is 1. The summed E-state index contributed by atoms with van der Waals surface area (Å²) >= 11 is 0. The van der Waals surface area contributed by atoms with Crippen LogP contribution >= 0.6 is 0 Å². The van der Waals surface area contributed by atoms with Gasteiger partial charge in [0.2, 0.25) is 0 Å². The van der Waals surface area contributed by atoms with Crippen molar-refractivity contribution < 1.29 is 0 Å². The number of hydrogen-bond donors (Lipinski definition) is 1. The van der Waals surface area contributed by atoms with Crippen LogP contribution in [-0.2, 0) is 0 Å². The van der Waals surface area contributed by atoms with Gasteiger partial charge < -0.3 is 5.32 Å². The Hall–Kier alpha value is -0.890. The lowest BCUT2D eigenvalue weighted by Crippen LogP contribution is -2.12. The smallest absolute Gasteiger partial charge is 0.0321 e. The Labute approximate surface area is 66.7 Å². The molecular formula is C9H12N2. The molecule has 0 bridgehead atoms. The quantitative estimate of drug-likeness (QED) is 0.653. The summed E-state index contributed by atoms with van der Waals surface area (Å²) in [6, 6.07) is 4.75. The van der Waals surface area contributed by atoms with Gasteiger partial charge in [-0.3, -0.25) is 4.98 Å². The molecule has 2 rings (SSSR count). The molecule has 58 valence electrons. The van der Waals surface area contributed by atoms with Crippen LogP contribution in [0.1, 0.15) is 24.4 Å². The molecule has 2 heterocycles. The molecule has 0 saturated carbocycles. The van der Waals surface area contributed by atoms with E-state index in [1.165, 1.54) is 18.4 Å². The first-order valence-electron chi connectivity index (χ1n) is 4.10. The highest BCUT2D eigenvalue weighted by Gasteiger charge is 2.14. The van der Waals surface area contributed by atoms with Gasteiger partial charge in [-0.05, 0) is 37.1 Å². The van der Waals surface area contributed by atoms with Crippen LogP contribution in [0.4, 0.5) is 0 Å². The molecule has 0 aromatic carbocycles. The van der Waals surface area contributed by atoms with Crippen molar-refractivity contribution in [3.05, 3.63) is 30.1 Å². The van der Waals surface area contributed by atoms with Crippen molar-refractivity contribution in [1.29, 1.82) is 0 Å². The van der Waals surface area contributed by atoms with E-state index in [0.29, 0.717) is 6.04 Å². The Morgan fingerprint density at radius 2 is 2.18 bits per heavy atom. The Balaban J connectivity index is 2.16. The van der Waals surface area contributed by atoms with Gasteiger partial charge in [0.25, 0.3) is 0 Å². The monoisotopic (exact) mass is 148 g/mol.